The molecule has 0 radical (unpaired) electrons. The molecule has 4 nitrogen and oxygen atoms in total. The largest absolute Gasteiger partial charge is 0.573 e. The first-order valence-corrected chi connectivity index (χ1v) is 7.26. The summed E-state index contributed by atoms with van der Waals surface area (Å²) in [6, 6.07) is 13.8. The van der Waals surface area contributed by atoms with Crippen LogP contribution in [0.25, 0.3) is 0 Å². The molecule has 2 aromatic rings. The fourth-order valence-corrected chi connectivity index (χ4v) is 1.95. The molecular formula is C17H16F3NO3. The molecule has 0 aliphatic carbocycles. The van der Waals surface area contributed by atoms with Crippen LogP contribution in [0, 0.1) is 0 Å². The first-order valence-electron chi connectivity index (χ1n) is 7.26. The lowest BCUT2D eigenvalue weighted by molar-refractivity contribution is -0.274. The second kappa shape index (κ2) is 7.72. The second-order valence-electron chi connectivity index (χ2n) is 4.89. The number of benzene rings is 2. The van der Waals surface area contributed by atoms with Crippen molar-refractivity contribution < 1.29 is 27.4 Å². The van der Waals surface area contributed by atoms with Gasteiger partial charge in [-0.3, -0.25) is 4.79 Å². The van der Waals surface area contributed by atoms with E-state index in [1.165, 1.54) is 12.1 Å². The van der Waals surface area contributed by atoms with E-state index in [1.807, 2.05) is 6.07 Å². The number of carbonyl (C=O) groups is 1. The summed E-state index contributed by atoms with van der Waals surface area (Å²) in [5, 5.41) is 2.60. The number of hydrogen-bond acceptors (Lipinski definition) is 3. The van der Waals surface area contributed by atoms with Crippen molar-refractivity contribution in [2.75, 3.05) is 5.32 Å². The van der Waals surface area contributed by atoms with Crippen LogP contribution in [0.2, 0.25) is 0 Å². The Labute approximate surface area is 137 Å². The number of alkyl halides is 3. The van der Waals surface area contributed by atoms with Crippen LogP contribution in [0.5, 0.6) is 11.5 Å². The van der Waals surface area contributed by atoms with Gasteiger partial charge in [-0.1, -0.05) is 25.1 Å². The summed E-state index contributed by atoms with van der Waals surface area (Å²) in [6.45, 7) is 1.80. The van der Waals surface area contributed by atoms with Crippen molar-refractivity contribution >= 4 is 11.6 Å². The van der Waals surface area contributed by atoms with Gasteiger partial charge in [0.25, 0.3) is 5.91 Å². The van der Waals surface area contributed by atoms with Crippen LogP contribution in [0.1, 0.15) is 13.3 Å². The Morgan fingerprint density at radius 1 is 1.04 bits per heavy atom. The van der Waals surface area contributed by atoms with E-state index in [9.17, 15) is 18.0 Å². The third kappa shape index (κ3) is 5.49. The number of para-hydroxylation sites is 1. The third-order valence-corrected chi connectivity index (χ3v) is 3.04. The molecule has 1 unspecified atom stereocenters. The van der Waals surface area contributed by atoms with E-state index in [0.29, 0.717) is 17.9 Å². The van der Waals surface area contributed by atoms with E-state index >= 15 is 0 Å². The van der Waals surface area contributed by atoms with Crippen LogP contribution in [-0.2, 0) is 4.79 Å². The normalized spacial score (nSPS) is 12.3. The van der Waals surface area contributed by atoms with E-state index in [1.54, 1.807) is 31.2 Å². The summed E-state index contributed by atoms with van der Waals surface area (Å²) in [4.78, 5) is 12.2. The highest BCUT2D eigenvalue weighted by atomic mass is 19.4. The number of hydrogen-bond donors (Lipinski definition) is 1. The van der Waals surface area contributed by atoms with Crippen LogP contribution in [0.15, 0.2) is 54.6 Å². The summed E-state index contributed by atoms with van der Waals surface area (Å²) in [5.41, 5.74) is 0.352. The summed E-state index contributed by atoms with van der Waals surface area (Å²) in [5.74, 6) is -0.174. The monoisotopic (exact) mass is 339 g/mol. The average Bonchev–Trinajstić information content (AvgIpc) is 2.54. The van der Waals surface area contributed by atoms with Crippen molar-refractivity contribution in [3.8, 4) is 11.5 Å². The Bertz CT molecular complexity index is 657. The maximum Gasteiger partial charge on any atom is 0.573 e. The first-order chi connectivity index (χ1) is 11.4. The van der Waals surface area contributed by atoms with Gasteiger partial charge in [-0.15, -0.1) is 13.2 Å². The summed E-state index contributed by atoms with van der Waals surface area (Å²) in [6.07, 6.45) is -5.02. The molecule has 128 valence electrons. The Balaban J connectivity index is 1.97. The third-order valence-electron chi connectivity index (χ3n) is 3.04. The molecule has 0 saturated carbocycles. The van der Waals surface area contributed by atoms with Crippen molar-refractivity contribution in [3.05, 3.63) is 54.6 Å². The Hall–Kier alpha value is -2.70. The topological polar surface area (TPSA) is 47.6 Å². The zero-order chi connectivity index (χ0) is 17.6. The Kier molecular flexibility index (Phi) is 5.68. The number of halogens is 3. The molecule has 1 N–H and O–H groups in total. The van der Waals surface area contributed by atoms with Gasteiger partial charge in [-0.2, -0.15) is 0 Å². The number of amides is 1. The highest BCUT2D eigenvalue weighted by Crippen LogP contribution is 2.24. The number of anilines is 1. The van der Waals surface area contributed by atoms with Gasteiger partial charge in [-0.25, -0.2) is 0 Å². The van der Waals surface area contributed by atoms with Crippen molar-refractivity contribution in [1.82, 2.24) is 0 Å². The maximum absolute atomic E-state index is 12.2. The van der Waals surface area contributed by atoms with Crippen LogP contribution in [-0.4, -0.2) is 18.4 Å². The van der Waals surface area contributed by atoms with Gasteiger partial charge < -0.3 is 14.8 Å². The van der Waals surface area contributed by atoms with Gasteiger partial charge in [0.1, 0.15) is 11.5 Å². The van der Waals surface area contributed by atoms with Crippen molar-refractivity contribution in [2.45, 2.75) is 25.8 Å². The molecule has 2 rings (SSSR count). The van der Waals surface area contributed by atoms with Crippen molar-refractivity contribution in [3.63, 3.8) is 0 Å². The number of carbonyl (C=O) groups excluding carboxylic acids is 1. The van der Waals surface area contributed by atoms with Gasteiger partial charge in [0, 0.05) is 5.69 Å². The van der Waals surface area contributed by atoms with Crippen LogP contribution >= 0.6 is 0 Å². The predicted molar refractivity (Wildman–Crippen MR) is 82.9 cm³/mol. The van der Waals surface area contributed by atoms with E-state index in [0.717, 1.165) is 12.1 Å². The maximum atomic E-state index is 12.2. The fraction of sp³-hybridized carbons (Fsp3) is 0.235. The molecule has 0 aliphatic rings. The molecule has 0 bridgehead atoms. The van der Waals surface area contributed by atoms with E-state index in [-0.39, 0.29) is 11.7 Å². The minimum atomic E-state index is -4.75. The zero-order valence-electron chi connectivity index (χ0n) is 12.8. The molecule has 0 saturated heterocycles. The zero-order valence-corrected chi connectivity index (χ0v) is 12.8. The average molecular weight is 339 g/mol. The fourth-order valence-electron chi connectivity index (χ4n) is 1.95. The highest BCUT2D eigenvalue weighted by molar-refractivity contribution is 5.94. The SMILES string of the molecule is CCC(Oc1ccccc1)C(=O)Nc1ccc(OC(F)(F)F)cc1. The van der Waals surface area contributed by atoms with Crippen molar-refractivity contribution in [1.29, 1.82) is 0 Å². The molecule has 0 aliphatic heterocycles. The van der Waals surface area contributed by atoms with Gasteiger partial charge in [0.05, 0.1) is 0 Å². The molecule has 7 heteroatoms. The van der Waals surface area contributed by atoms with Crippen LogP contribution in [0.4, 0.5) is 18.9 Å². The van der Waals surface area contributed by atoms with E-state index in [4.69, 9.17) is 4.74 Å². The highest BCUT2D eigenvalue weighted by Gasteiger charge is 2.31. The second-order valence-corrected chi connectivity index (χ2v) is 4.89. The Morgan fingerprint density at radius 3 is 2.21 bits per heavy atom. The molecular weight excluding hydrogens is 323 g/mol. The molecule has 0 aromatic heterocycles. The predicted octanol–water partition coefficient (Wildman–Crippen LogP) is 4.38. The smallest absolute Gasteiger partial charge is 0.481 e. The number of ether oxygens (including phenoxy) is 2. The lowest BCUT2D eigenvalue weighted by Gasteiger charge is -2.17. The summed E-state index contributed by atoms with van der Waals surface area (Å²) in [7, 11) is 0. The minimum absolute atomic E-state index is 0.352. The van der Waals surface area contributed by atoms with Gasteiger partial charge >= 0.3 is 6.36 Å². The molecule has 0 fully saturated rings. The lowest BCUT2D eigenvalue weighted by Crippen LogP contribution is -2.32. The van der Waals surface area contributed by atoms with Gasteiger partial charge in [0.2, 0.25) is 0 Å². The van der Waals surface area contributed by atoms with Crippen LogP contribution in [0.3, 0.4) is 0 Å². The van der Waals surface area contributed by atoms with E-state index in [2.05, 4.69) is 10.1 Å². The van der Waals surface area contributed by atoms with Gasteiger partial charge in [0.15, 0.2) is 6.10 Å². The summed E-state index contributed by atoms with van der Waals surface area (Å²) < 4.78 is 45.7. The quantitative estimate of drug-likeness (QED) is 0.849. The van der Waals surface area contributed by atoms with E-state index < -0.39 is 12.5 Å². The number of rotatable bonds is 6. The lowest BCUT2D eigenvalue weighted by atomic mass is 10.2. The molecule has 2 aromatic carbocycles. The minimum Gasteiger partial charge on any atom is -0.481 e. The van der Waals surface area contributed by atoms with Gasteiger partial charge in [-0.05, 0) is 42.8 Å². The summed E-state index contributed by atoms with van der Waals surface area (Å²) >= 11 is 0. The molecule has 0 heterocycles. The standard InChI is InChI=1S/C17H16F3NO3/c1-2-15(23-13-6-4-3-5-7-13)16(22)21-12-8-10-14(11-9-12)24-17(18,19)20/h3-11,15H,2H2,1H3,(H,21,22). The number of nitrogens with one attached hydrogen (secondary N) is 1. The van der Waals surface area contributed by atoms with Crippen molar-refractivity contribution in [2.24, 2.45) is 0 Å². The molecule has 0 spiro atoms. The molecule has 1 atom stereocenters. The molecule has 1 amide bonds. The van der Waals surface area contributed by atoms with Crippen LogP contribution < -0.4 is 14.8 Å². The first kappa shape index (κ1) is 17.7. The Morgan fingerprint density at radius 2 is 1.67 bits per heavy atom. The molecule has 24 heavy (non-hydrogen) atoms.